The van der Waals surface area contributed by atoms with Gasteiger partial charge in [0.15, 0.2) is 0 Å². The van der Waals surface area contributed by atoms with Crippen molar-refractivity contribution in [3.8, 4) is 11.8 Å². The van der Waals surface area contributed by atoms with Crippen LogP contribution < -0.4 is 4.43 Å². The molecular weight excluding hydrogens is 197 g/mol. The second kappa shape index (κ2) is 3.80. The minimum atomic E-state index is -1.68. The molecule has 0 saturated carbocycles. The molecule has 0 heterocycles. The second-order valence-electron chi connectivity index (χ2n) is 3.97. The van der Waals surface area contributed by atoms with Crippen molar-refractivity contribution < 1.29 is 8.82 Å². The van der Waals surface area contributed by atoms with E-state index in [1.165, 1.54) is 12.1 Å². The van der Waals surface area contributed by atoms with E-state index in [4.69, 9.17) is 9.69 Å². The highest BCUT2D eigenvalue weighted by atomic mass is 28.4. The molecule has 0 amide bonds. The van der Waals surface area contributed by atoms with Crippen molar-refractivity contribution >= 4 is 8.32 Å². The van der Waals surface area contributed by atoms with Crippen LogP contribution in [0.5, 0.6) is 5.75 Å². The van der Waals surface area contributed by atoms with Gasteiger partial charge < -0.3 is 4.43 Å². The number of nitrogens with zero attached hydrogens (tertiary/aromatic N) is 1. The van der Waals surface area contributed by atoms with Crippen LogP contribution in [0.3, 0.4) is 0 Å². The minimum absolute atomic E-state index is 0.0285. The smallest absolute Gasteiger partial charge is 0.242 e. The van der Waals surface area contributed by atoms with Crippen molar-refractivity contribution in [1.29, 1.82) is 5.26 Å². The van der Waals surface area contributed by atoms with Gasteiger partial charge in [0.25, 0.3) is 0 Å². The van der Waals surface area contributed by atoms with Crippen LogP contribution in [-0.4, -0.2) is 8.32 Å². The molecule has 0 N–H and O–H groups in total. The highest BCUT2D eigenvalue weighted by Crippen LogP contribution is 2.19. The molecule has 1 aromatic carbocycles. The third kappa shape index (κ3) is 2.86. The predicted molar refractivity (Wildman–Crippen MR) is 55.1 cm³/mol. The van der Waals surface area contributed by atoms with Gasteiger partial charge >= 0.3 is 0 Å². The zero-order valence-electron chi connectivity index (χ0n) is 8.47. The summed E-state index contributed by atoms with van der Waals surface area (Å²) in [7, 11) is -1.68. The Balaban J connectivity index is 2.97. The standard InChI is InChI=1S/C10H12FNOSi/c1-14(2,3)13-9-4-5-10(11)8(6-9)7-12/h4-6H,1-3H3. The average Bonchev–Trinajstić information content (AvgIpc) is 2.06. The molecule has 0 bridgehead atoms. The number of nitriles is 1. The Morgan fingerprint density at radius 1 is 1.36 bits per heavy atom. The van der Waals surface area contributed by atoms with Crippen LogP contribution >= 0.6 is 0 Å². The van der Waals surface area contributed by atoms with Gasteiger partial charge in [-0.15, -0.1) is 0 Å². The zero-order chi connectivity index (χ0) is 10.8. The van der Waals surface area contributed by atoms with E-state index in [9.17, 15) is 4.39 Å². The van der Waals surface area contributed by atoms with Crippen molar-refractivity contribution in [2.24, 2.45) is 0 Å². The first kappa shape index (κ1) is 10.7. The third-order valence-electron chi connectivity index (χ3n) is 1.48. The summed E-state index contributed by atoms with van der Waals surface area (Å²) < 4.78 is 18.6. The van der Waals surface area contributed by atoms with E-state index >= 15 is 0 Å². The highest BCUT2D eigenvalue weighted by Gasteiger charge is 2.16. The van der Waals surface area contributed by atoms with Gasteiger partial charge in [0.05, 0.1) is 5.56 Å². The van der Waals surface area contributed by atoms with Crippen LogP contribution in [0, 0.1) is 17.1 Å². The molecule has 0 atom stereocenters. The molecule has 4 heteroatoms. The molecule has 1 aromatic rings. The van der Waals surface area contributed by atoms with E-state index in [0.717, 1.165) is 0 Å². The molecule has 0 aliphatic carbocycles. The van der Waals surface area contributed by atoms with Crippen LogP contribution in [0.1, 0.15) is 5.56 Å². The molecule has 74 valence electrons. The molecule has 1 rings (SSSR count). The van der Waals surface area contributed by atoms with Crippen LogP contribution in [0.4, 0.5) is 4.39 Å². The lowest BCUT2D eigenvalue weighted by atomic mass is 10.2. The Bertz CT molecular complexity index is 379. The number of hydrogen-bond acceptors (Lipinski definition) is 2. The van der Waals surface area contributed by atoms with Gasteiger partial charge in [0.2, 0.25) is 8.32 Å². The fourth-order valence-electron chi connectivity index (χ4n) is 1.01. The molecule has 0 saturated heterocycles. The molecule has 0 radical (unpaired) electrons. The summed E-state index contributed by atoms with van der Waals surface area (Å²) in [6, 6.07) is 6.03. The third-order valence-corrected chi connectivity index (χ3v) is 2.33. The van der Waals surface area contributed by atoms with E-state index in [0.29, 0.717) is 5.75 Å². The second-order valence-corrected chi connectivity index (χ2v) is 8.40. The molecular formula is C10H12FNOSi. The van der Waals surface area contributed by atoms with E-state index in [2.05, 4.69) is 0 Å². The van der Waals surface area contributed by atoms with Gasteiger partial charge in [-0.3, -0.25) is 0 Å². The number of benzene rings is 1. The lowest BCUT2D eigenvalue weighted by Crippen LogP contribution is -2.29. The quantitative estimate of drug-likeness (QED) is 0.702. The van der Waals surface area contributed by atoms with E-state index in [1.54, 1.807) is 12.1 Å². The van der Waals surface area contributed by atoms with Gasteiger partial charge in [0, 0.05) is 0 Å². The highest BCUT2D eigenvalue weighted by molar-refractivity contribution is 6.70. The van der Waals surface area contributed by atoms with Crippen molar-refractivity contribution in [3.05, 3.63) is 29.6 Å². The maximum absolute atomic E-state index is 12.9. The Morgan fingerprint density at radius 2 is 2.00 bits per heavy atom. The van der Waals surface area contributed by atoms with E-state index in [-0.39, 0.29) is 5.56 Å². The SMILES string of the molecule is C[Si](C)(C)Oc1ccc(F)c(C#N)c1. The topological polar surface area (TPSA) is 33.0 Å². The molecule has 14 heavy (non-hydrogen) atoms. The summed E-state index contributed by atoms with van der Waals surface area (Å²) in [5, 5.41) is 8.61. The molecule has 0 spiro atoms. The maximum atomic E-state index is 12.9. The van der Waals surface area contributed by atoms with Crippen molar-refractivity contribution in [2.75, 3.05) is 0 Å². The molecule has 0 fully saturated rings. The van der Waals surface area contributed by atoms with Crippen molar-refractivity contribution in [3.63, 3.8) is 0 Å². The van der Waals surface area contributed by atoms with Gasteiger partial charge in [-0.1, -0.05) is 0 Å². The van der Waals surface area contributed by atoms with Crippen LogP contribution in [0.15, 0.2) is 18.2 Å². The first-order valence-electron chi connectivity index (χ1n) is 4.31. The fraction of sp³-hybridized carbons (Fsp3) is 0.300. The number of rotatable bonds is 2. The van der Waals surface area contributed by atoms with Crippen molar-refractivity contribution in [1.82, 2.24) is 0 Å². The van der Waals surface area contributed by atoms with Gasteiger partial charge in [-0.25, -0.2) is 4.39 Å². The Morgan fingerprint density at radius 3 is 2.50 bits per heavy atom. The number of hydrogen-bond donors (Lipinski definition) is 0. The molecule has 0 aliphatic rings. The fourth-order valence-corrected chi connectivity index (χ4v) is 1.84. The summed E-state index contributed by atoms with van der Waals surface area (Å²) in [5.74, 6) is 0.0672. The van der Waals surface area contributed by atoms with Gasteiger partial charge in [0.1, 0.15) is 17.6 Å². The Labute approximate surface area is 84.1 Å². The lowest BCUT2D eigenvalue weighted by molar-refractivity contribution is 0.551. The predicted octanol–water partition coefficient (Wildman–Crippen LogP) is 2.91. The van der Waals surface area contributed by atoms with Crippen LogP contribution in [0.2, 0.25) is 19.6 Å². The molecule has 0 aliphatic heterocycles. The Hall–Kier alpha value is -1.34. The first-order valence-corrected chi connectivity index (χ1v) is 7.72. The van der Waals surface area contributed by atoms with Gasteiger partial charge in [-0.2, -0.15) is 5.26 Å². The lowest BCUT2D eigenvalue weighted by Gasteiger charge is -2.19. The van der Waals surface area contributed by atoms with E-state index in [1.807, 2.05) is 19.6 Å². The first-order chi connectivity index (χ1) is 6.42. The van der Waals surface area contributed by atoms with Crippen LogP contribution in [-0.2, 0) is 0 Å². The van der Waals surface area contributed by atoms with Crippen molar-refractivity contribution in [2.45, 2.75) is 19.6 Å². The number of halogens is 1. The summed E-state index contributed by atoms with van der Waals surface area (Å²) in [6.45, 7) is 6.09. The summed E-state index contributed by atoms with van der Waals surface area (Å²) in [4.78, 5) is 0. The monoisotopic (exact) mass is 209 g/mol. The van der Waals surface area contributed by atoms with E-state index < -0.39 is 14.1 Å². The average molecular weight is 209 g/mol. The Kier molecular flexibility index (Phi) is 2.92. The molecule has 0 unspecified atom stereocenters. The summed E-state index contributed by atoms with van der Waals surface area (Å²) in [5.41, 5.74) is 0.0285. The summed E-state index contributed by atoms with van der Waals surface area (Å²) in [6.07, 6.45) is 0. The molecule has 0 aromatic heterocycles. The minimum Gasteiger partial charge on any atom is -0.544 e. The maximum Gasteiger partial charge on any atom is 0.242 e. The van der Waals surface area contributed by atoms with Gasteiger partial charge in [-0.05, 0) is 37.8 Å². The summed E-state index contributed by atoms with van der Waals surface area (Å²) >= 11 is 0. The largest absolute Gasteiger partial charge is 0.544 e. The normalized spacial score (nSPS) is 10.8. The molecule has 2 nitrogen and oxygen atoms in total. The zero-order valence-corrected chi connectivity index (χ0v) is 9.47. The van der Waals surface area contributed by atoms with Crippen LogP contribution in [0.25, 0.3) is 0 Å².